The van der Waals surface area contributed by atoms with E-state index in [1.54, 1.807) is 0 Å². The molecule has 1 fully saturated rings. The van der Waals surface area contributed by atoms with Crippen LogP contribution in [-0.4, -0.2) is 55.6 Å². The second kappa shape index (κ2) is 6.82. The highest BCUT2D eigenvalue weighted by Gasteiger charge is 2.19. The van der Waals surface area contributed by atoms with Crippen LogP contribution in [0.25, 0.3) is 0 Å². The quantitative estimate of drug-likeness (QED) is 0.363. The lowest BCUT2D eigenvalue weighted by Gasteiger charge is -2.17. The summed E-state index contributed by atoms with van der Waals surface area (Å²) in [6.45, 7) is -0.319. The Hall–Kier alpha value is -1.80. The molecule has 0 aromatic carbocycles. The molecule has 2 atom stereocenters. The van der Waals surface area contributed by atoms with Crippen LogP contribution in [0.3, 0.4) is 0 Å². The van der Waals surface area contributed by atoms with Crippen LogP contribution in [0.1, 0.15) is 6.42 Å². The number of hydrogen-bond donors (Lipinski definition) is 4. The molecular weight excluding hydrogens is 240 g/mol. The first kappa shape index (κ1) is 14.3. The lowest BCUT2D eigenvalue weighted by molar-refractivity contribution is -0.128. The standard InChI is InChI=1S/C10H16N4O4/c11-7-2-13-10(18)4-14-9(17)1-6(5-15)12-3-8(7)16/h5-7,12H,1-4,11H2,(H,13,18)(H,14,17). The number of rotatable bonds is 1. The normalized spacial score (nSPS) is 27.5. The van der Waals surface area contributed by atoms with E-state index in [4.69, 9.17) is 5.73 Å². The van der Waals surface area contributed by atoms with E-state index in [1.165, 1.54) is 0 Å². The third kappa shape index (κ3) is 4.60. The Morgan fingerprint density at radius 1 is 1.11 bits per heavy atom. The second-order valence-electron chi connectivity index (χ2n) is 3.98. The first-order valence-electron chi connectivity index (χ1n) is 5.53. The number of hydrogen-bond acceptors (Lipinski definition) is 6. The third-order valence-electron chi connectivity index (χ3n) is 2.49. The Bertz CT molecular complexity index is 358. The monoisotopic (exact) mass is 256 g/mol. The predicted molar refractivity (Wildman–Crippen MR) is 61.5 cm³/mol. The fraction of sp³-hybridized carbons (Fsp3) is 0.600. The summed E-state index contributed by atoms with van der Waals surface area (Å²) in [5.41, 5.74) is 5.55. The molecule has 2 unspecified atom stereocenters. The highest BCUT2D eigenvalue weighted by atomic mass is 16.2. The third-order valence-corrected chi connectivity index (χ3v) is 2.49. The number of nitrogens with one attached hydrogen (secondary N) is 3. The molecule has 1 saturated heterocycles. The summed E-state index contributed by atoms with van der Waals surface area (Å²) < 4.78 is 0. The Morgan fingerprint density at radius 3 is 2.50 bits per heavy atom. The van der Waals surface area contributed by atoms with Crippen molar-refractivity contribution in [3.8, 4) is 0 Å². The molecule has 8 heteroatoms. The molecule has 0 aromatic heterocycles. The molecule has 1 aliphatic heterocycles. The minimum Gasteiger partial charge on any atom is -0.353 e. The van der Waals surface area contributed by atoms with Crippen LogP contribution in [0.15, 0.2) is 0 Å². The van der Waals surface area contributed by atoms with Gasteiger partial charge in [0.1, 0.15) is 6.29 Å². The lowest BCUT2D eigenvalue weighted by atomic mass is 10.1. The molecule has 2 amide bonds. The molecule has 100 valence electrons. The maximum absolute atomic E-state index is 11.5. The Kier molecular flexibility index (Phi) is 5.40. The molecule has 18 heavy (non-hydrogen) atoms. The van der Waals surface area contributed by atoms with Crippen molar-refractivity contribution in [2.24, 2.45) is 5.73 Å². The van der Waals surface area contributed by atoms with Crippen LogP contribution >= 0.6 is 0 Å². The van der Waals surface area contributed by atoms with Gasteiger partial charge in [-0.1, -0.05) is 0 Å². The zero-order valence-corrected chi connectivity index (χ0v) is 9.77. The van der Waals surface area contributed by atoms with Crippen molar-refractivity contribution < 1.29 is 19.2 Å². The molecule has 5 N–H and O–H groups in total. The van der Waals surface area contributed by atoms with Gasteiger partial charge in [-0.05, 0) is 0 Å². The predicted octanol–water partition coefficient (Wildman–Crippen LogP) is -3.32. The van der Waals surface area contributed by atoms with Gasteiger partial charge in [0.05, 0.1) is 25.2 Å². The van der Waals surface area contributed by atoms with Crippen molar-refractivity contribution in [3.63, 3.8) is 0 Å². The summed E-state index contributed by atoms with van der Waals surface area (Å²) in [6.07, 6.45) is 0.420. The minimum absolute atomic E-state index is 0.000965. The van der Waals surface area contributed by atoms with Gasteiger partial charge in [0.2, 0.25) is 11.8 Å². The number of ketones is 1. The molecule has 8 nitrogen and oxygen atoms in total. The first-order valence-corrected chi connectivity index (χ1v) is 5.53. The Labute approximate surface area is 104 Å². The van der Waals surface area contributed by atoms with E-state index in [2.05, 4.69) is 16.0 Å². The van der Waals surface area contributed by atoms with Crippen molar-refractivity contribution in [1.82, 2.24) is 16.0 Å². The number of Topliss-reactive ketones (excluding diaryl/α,β-unsaturated/α-hetero) is 1. The largest absolute Gasteiger partial charge is 0.353 e. The molecule has 0 spiro atoms. The summed E-state index contributed by atoms with van der Waals surface area (Å²) >= 11 is 0. The summed E-state index contributed by atoms with van der Waals surface area (Å²) in [6, 6.07) is -1.59. The summed E-state index contributed by atoms with van der Waals surface area (Å²) in [5.74, 6) is -1.20. The highest BCUT2D eigenvalue weighted by molar-refractivity contribution is 5.89. The van der Waals surface area contributed by atoms with Gasteiger partial charge < -0.3 is 26.5 Å². The molecule has 1 heterocycles. The van der Waals surface area contributed by atoms with Gasteiger partial charge in [0.25, 0.3) is 0 Å². The van der Waals surface area contributed by atoms with Crippen molar-refractivity contribution in [2.75, 3.05) is 19.6 Å². The van der Waals surface area contributed by atoms with Crippen LogP contribution < -0.4 is 21.7 Å². The zero-order valence-electron chi connectivity index (χ0n) is 9.77. The van der Waals surface area contributed by atoms with Crippen LogP contribution in [-0.2, 0) is 19.2 Å². The van der Waals surface area contributed by atoms with Gasteiger partial charge in [-0.15, -0.1) is 0 Å². The second-order valence-corrected chi connectivity index (χ2v) is 3.98. The van der Waals surface area contributed by atoms with E-state index in [0.29, 0.717) is 6.29 Å². The number of carbonyl (C=O) groups is 4. The fourth-order valence-corrected chi connectivity index (χ4v) is 1.38. The molecule has 0 radical (unpaired) electrons. The SMILES string of the molecule is NC1CNC(=O)CNC(=O)CC(C=O)NCC1=O. The van der Waals surface area contributed by atoms with E-state index in [0.717, 1.165) is 0 Å². The molecule has 0 bridgehead atoms. The number of carbonyl (C=O) groups excluding carboxylic acids is 4. The van der Waals surface area contributed by atoms with Gasteiger partial charge in [-0.2, -0.15) is 0 Å². The van der Waals surface area contributed by atoms with Crippen LogP contribution in [0, 0.1) is 0 Å². The van der Waals surface area contributed by atoms with Gasteiger partial charge >= 0.3 is 0 Å². The highest BCUT2D eigenvalue weighted by Crippen LogP contribution is 1.91. The summed E-state index contributed by atoms with van der Waals surface area (Å²) in [7, 11) is 0. The number of aldehydes is 1. The molecule has 0 aromatic rings. The fourth-order valence-electron chi connectivity index (χ4n) is 1.38. The van der Waals surface area contributed by atoms with Gasteiger partial charge in [-0.25, -0.2) is 0 Å². The van der Waals surface area contributed by atoms with Crippen molar-refractivity contribution in [3.05, 3.63) is 0 Å². The van der Waals surface area contributed by atoms with Crippen LogP contribution in [0.5, 0.6) is 0 Å². The molecule has 1 aliphatic rings. The van der Waals surface area contributed by atoms with Gasteiger partial charge in [-0.3, -0.25) is 14.4 Å². The smallest absolute Gasteiger partial charge is 0.239 e. The van der Waals surface area contributed by atoms with E-state index >= 15 is 0 Å². The average Bonchev–Trinajstić information content (AvgIpc) is 2.36. The molecule has 0 aliphatic carbocycles. The Balaban J connectivity index is 2.67. The molecular formula is C10H16N4O4. The Morgan fingerprint density at radius 2 is 1.83 bits per heavy atom. The van der Waals surface area contributed by atoms with Crippen LogP contribution in [0.4, 0.5) is 0 Å². The number of nitrogens with two attached hydrogens (primary N) is 1. The van der Waals surface area contributed by atoms with Crippen molar-refractivity contribution >= 4 is 23.9 Å². The van der Waals surface area contributed by atoms with E-state index in [9.17, 15) is 19.2 Å². The van der Waals surface area contributed by atoms with E-state index in [-0.39, 0.29) is 31.8 Å². The molecule has 0 saturated carbocycles. The first-order chi connectivity index (χ1) is 8.52. The summed E-state index contributed by atoms with van der Waals surface area (Å²) in [5, 5.41) is 7.43. The van der Waals surface area contributed by atoms with Gasteiger partial charge in [0, 0.05) is 13.0 Å². The number of amides is 2. The van der Waals surface area contributed by atoms with Crippen molar-refractivity contribution in [2.45, 2.75) is 18.5 Å². The maximum atomic E-state index is 11.5. The van der Waals surface area contributed by atoms with Crippen LogP contribution in [0.2, 0.25) is 0 Å². The van der Waals surface area contributed by atoms with E-state index in [1.807, 2.05) is 0 Å². The lowest BCUT2D eigenvalue weighted by Crippen LogP contribution is -2.51. The average molecular weight is 256 g/mol. The minimum atomic E-state index is -0.830. The van der Waals surface area contributed by atoms with E-state index < -0.39 is 23.9 Å². The zero-order chi connectivity index (χ0) is 13.5. The topological polar surface area (TPSA) is 130 Å². The van der Waals surface area contributed by atoms with Gasteiger partial charge in [0.15, 0.2) is 5.78 Å². The molecule has 1 rings (SSSR count). The summed E-state index contributed by atoms with van der Waals surface area (Å²) in [4.78, 5) is 44.9. The maximum Gasteiger partial charge on any atom is 0.239 e. The van der Waals surface area contributed by atoms with Crippen molar-refractivity contribution in [1.29, 1.82) is 0 Å².